The number of hydrogen-bond donors (Lipinski definition) is 3. The molecular weight excluding hydrogens is 390 g/mol. The van der Waals surface area contributed by atoms with Crippen LogP contribution in [0.15, 0.2) is 78.9 Å². The highest BCUT2D eigenvalue weighted by Crippen LogP contribution is 2.29. The van der Waals surface area contributed by atoms with E-state index in [9.17, 15) is 9.59 Å². The van der Waals surface area contributed by atoms with E-state index >= 15 is 0 Å². The smallest absolute Gasteiger partial charge is 0.319 e. The van der Waals surface area contributed by atoms with Gasteiger partial charge in [-0.15, -0.1) is 0 Å². The van der Waals surface area contributed by atoms with Gasteiger partial charge in [-0.05, 0) is 54.7 Å². The summed E-state index contributed by atoms with van der Waals surface area (Å²) in [5.41, 5.74) is 3.80. The number of rotatable bonds is 6. The van der Waals surface area contributed by atoms with Crippen molar-refractivity contribution >= 4 is 23.3 Å². The van der Waals surface area contributed by atoms with Crippen LogP contribution in [0.4, 0.5) is 16.2 Å². The Kier molecular flexibility index (Phi) is 6.47. The molecular formula is C25H25N3O3. The molecule has 3 aromatic rings. The molecule has 3 N–H and O–H groups in total. The Morgan fingerprint density at radius 3 is 2.52 bits per heavy atom. The van der Waals surface area contributed by atoms with Crippen LogP contribution in [0.2, 0.25) is 0 Å². The molecule has 0 saturated carbocycles. The van der Waals surface area contributed by atoms with Crippen LogP contribution >= 0.6 is 0 Å². The zero-order valence-corrected chi connectivity index (χ0v) is 17.1. The molecule has 0 saturated heterocycles. The molecule has 0 fully saturated rings. The third kappa shape index (κ3) is 5.63. The lowest BCUT2D eigenvalue weighted by Crippen LogP contribution is -2.34. The zero-order valence-electron chi connectivity index (χ0n) is 17.1. The highest BCUT2D eigenvalue weighted by molar-refractivity contribution is 5.92. The van der Waals surface area contributed by atoms with Crippen molar-refractivity contribution in [2.75, 3.05) is 17.2 Å². The molecule has 4 rings (SSSR count). The van der Waals surface area contributed by atoms with E-state index in [0.29, 0.717) is 17.1 Å². The second-order valence-electron chi connectivity index (χ2n) is 7.47. The highest BCUT2D eigenvalue weighted by Gasteiger charge is 2.21. The van der Waals surface area contributed by atoms with E-state index in [1.807, 2.05) is 42.5 Å². The van der Waals surface area contributed by atoms with Gasteiger partial charge in [-0.2, -0.15) is 0 Å². The van der Waals surface area contributed by atoms with E-state index in [1.165, 1.54) is 11.1 Å². The molecule has 0 aromatic heterocycles. The van der Waals surface area contributed by atoms with Gasteiger partial charge in [0.25, 0.3) is 5.91 Å². The van der Waals surface area contributed by atoms with Gasteiger partial charge in [-0.1, -0.05) is 48.5 Å². The lowest BCUT2D eigenvalue weighted by molar-refractivity contribution is -0.118. The molecule has 1 unspecified atom stereocenters. The molecule has 0 bridgehead atoms. The summed E-state index contributed by atoms with van der Waals surface area (Å²) in [6.07, 6.45) is 3.02. The molecule has 1 aliphatic carbocycles. The van der Waals surface area contributed by atoms with Crippen molar-refractivity contribution in [1.82, 2.24) is 5.32 Å². The van der Waals surface area contributed by atoms with Crippen molar-refractivity contribution in [3.05, 3.63) is 90.0 Å². The zero-order chi connectivity index (χ0) is 21.5. The first kappa shape index (κ1) is 20.5. The number of carbonyl (C=O) groups excluding carboxylic acids is 2. The van der Waals surface area contributed by atoms with E-state index in [2.05, 4.69) is 28.1 Å². The largest absolute Gasteiger partial charge is 0.484 e. The van der Waals surface area contributed by atoms with Gasteiger partial charge in [-0.25, -0.2) is 4.79 Å². The van der Waals surface area contributed by atoms with Crippen LogP contribution in [0.25, 0.3) is 0 Å². The fourth-order valence-corrected chi connectivity index (χ4v) is 3.76. The van der Waals surface area contributed by atoms with Crippen LogP contribution in [-0.2, 0) is 11.2 Å². The van der Waals surface area contributed by atoms with Crippen molar-refractivity contribution in [3.63, 3.8) is 0 Å². The van der Waals surface area contributed by atoms with E-state index in [1.54, 1.807) is 24.3 Å². The average Bonchev–Trinajstić information content (AvgIpc) is 2.79. The molecule has 0 aliphatic heterocycles. The molecule has 31 heavy (non-hydrogen) atoms. The first-order chi connectivity index (χ1) is 15.2. The number of ether oxygens (including phenoxy) is 1. The Balaban J connectivity index is 1.30. The van der Waals surface area contributed by atoms with Crippen LogP contribution < -0.4 is 20.7 Å². The summed E-state index contributed by atoms with van der Waals surface area (Å²) in [5, 5.41) is 8.69. The molecule has 6 nitrogen and oxygen atoms in total. The van der Waals surface area contributed by atoms with Crippen molar-refractivity contribution < 1.29 is 14.3 Å². The topological polar surface area (TPSA) is 79.5 Å². The maximum atomic E-state index is 12.5. The third-order valence-electron chi connectivity index (χ3n) is 5.19. The first-order valence-corrected chi connectivity index (χ1v) is 10.4. The third-order valence-corrected chi connectivity index (χ3v) is 5.19. The maximum Gasteiger partial charge on any atom is 0.319 e. The van der Waals surface area contributed by atoms with Crippen LogP contribution in [0, 0.1) is 0 Å². The second-order valence-corrected chi connectivity index (χ2v) is 7.47. The summed E-state index contributed by atoms with van der Waals surface area (Å²) >= 11 is 0. The van der Waals surface area contributed by atoms with Crippen molar-refractivity contribution in [1.29, 1.82) is 0 Å². The summed E-state index contributed by atoms with van der Waals surface area (Å²) in [6, 6.07) is 24.2. The minimum absolute atomic E-state index is 0.00562. The Hall–Kier alpha value is -3.80. The van der Waals surface area contributed by atoms with Crippen molar-refractivity contribution in [3.8, 4) is 5.75 Å². The fourth-order valence-electron chi connectivity index (χ4n) is 3.76. The molecule has 1 atom stereocenters. The van der Waals surface area contributed by atoms with Gasteiger partial charge in [-0.3, -0.25) is 4.79 Å². The summed E-state index contributed by atoms with van der Waals surface area (Å²) in [4.78, 5) is 24.6. The lowest BCUT2D eigenvalue weighted by Gasteiger charge is -2.26. The maximum absolute atomic E-state index is 12.5. The predicted molar refractivity (Wildman–Crippen MR) is 121 cm³/mol. The molecule has 0 heterocycles. The lowest BCUT2D eigenvalue weighted by atomic mass is 9.88. The quantitative estimate of drug-likeness (QED) is 0.536. The van der Waals surface area contributed by atoms with Gasteiger partial charge < -0.3 is 20.7 Å². The highest BCUT2D eigenvalue weighted by atomic mass is 16.5. The summed E-state index contributed by atoms with van der Waals surface area (Å²) < 4.78 is 5.57. The number of fused-ring (bicyclic) bond motifs is 1. The Morgan fingerprint density at radius 1 is 0.871 bits per heavy atom. The number of aryl methyl sites for hydroxylation is 1. The van der Waals surface area contributed by atoms with Gasteiger partial charge in [0.2, 0.25) is 0 Å². The SMILES string of the molecule is O=C(COc1cccc(NC(=O)NC2CCCc3ccccc32)c1)Nc1ccccc1. The predicted octanol–water partition coefficient (Wildman–Crippen LogP) is 4.90. The number of anilines is 2. The number of carbonyl (C=O) groups is 2. The Labute approximate surface area is 181 Å². The monoisotopic (exact) mass is 415 g/mol. The second kappa shape index (κ2) is 9.80. The number of amides is 3. The molecule has 158 valence electrons. The summed E-state index contributed by atoms with van der Waals surface area (Å²) in [5.74, 6) is 0.252. The van der Waals surface area contributed by atoms with Crippen LogP contribution in [0.5, 0.6) is 5.75 Å². The fraction of sp³-hybridized carbons (Fsp3) is 0.200. The van der Waals surface area contributed by atoms with Gasteiger partial charge in [0, 0.05) is 17.4 Å². The minimum atomic E-state index is -0.263. The number of para-hydroxylation sites is 1. The Morgan fingerprint density at radius 2 is 1.65 bits per heavy atom. The van der Waals surface area contributed by atoms with E-state index in [-0.39, 0.29) is 24.6 Å². The molecule has 3 aromatic carbocycles. The minimum Gasteiger partial charge on any atom is -0.484 e. The molecule has 0 radical (unpaired) electrons. The van der Waals surface area contributed by atoms with E-state index < -0.39 is 0 Å². The van der Waals surface area contributed by atoms with Crippen molar-refractivity contribution in [2.24, 2.45) is 0 Å². The molecule has 1 aliphatic rings. The van der Waals surface area contributed by atoms with Gasteiger partial charge in [0.05, 0.1) is 6.04 Å². The number of hydrogen-bond acceptors (Lipinski definition) is 3. The number of urea groups is 1. The van der Waals surface area contributed by atoms with E-state index in [0.717, 1.165) is 19.3 Å². The van der Waals surface area contributed by atoms with Crippen molar-refractivity contribution in [2.45, 2.75) is 25.3 Å². The Bertz CT molecular complexity index is 1050. The standard InChI is InChI=1S/C25H25N3O3/c29-24(26-19-10-2-1-3-11-19)17-31-21-13-7-12-20(16-21)27-25(30)28-23-15-6-9-18-8-4-5-14-22(18)23/h1-5,7-8,10-14,16,23H,6,9,15,17H2,(H,26,29)(H2,27,28,30). The van der Waals surface area contributed by atoms with Gasteiger partial charge in [0.1, 0.15) is 5.75 Å². The summed E-state index contributed by atoms with van der Waals surface area (Å²) in [7, 11) is 0. The number of nitrogens with one attached hydrogen (secondary N) is 3. The first-order valence-electron chi connectivity index (χ1n) is 10.4. The van der Waals surface area contributed by atoms with Crippen LogP contribution in [-0.4, -0.2) is 18.5 Å². The van der Waals surface area contributed by atoms with Gasteiger partial charge >= 0.3 is 6.03 Å². The average molecular weight is 415 g/mol. The number of benzene rings is 3. The normalized spacial score (nSPS) is 14.8. The van der Waals surface area contributed by atoms with Crippen LogP contribution in [0.1, 0.15) is 30.0 Å². The summed E-state index contributed by atoms with van der Waals surface area (Å²) in [6.45, 7) is -0.122. The molecule has 0 spiro atoms. The van der Waals surface area contributed by atoms with Crippen LogP contribution in [0.3, 0.4) is 0 Å². The van der Waals surface area contributed by atoms with E-state index in [4.69, 9.17) is 4.74 Å². The molecule has 3 amide bonds. The van der Waals surface area contributed by atoms with Gasteiger partial charge in [0.15, 0.2) is 6.61 Å². The molecule has 6 heteroatoms.